The van der Waals surface area contributed by atoms with Crippen molar-refractivity contribution in [3.05, 3.63) is 29.3 Å². The van der Waals surface area contributed by atoms with Gasteiger partial charge < -0.3 is 5.73 Å². The number of nitrogen functional groups attached to an aromatic ring is 1. The minimum atomic E-state index is -0.771. The van der Waals surface area contributed by atoms with E-state index in [9.17, 15) is 4.79 Å². The van der Waals surface area contributed by atoms with E-state index in [2.05, 4.69) is 4.89 Å². The molecule has 0 unspecified atom stereocenters. The van der Waals surface area contributed by atoms with Crippen LogP contribution in [0, 0.1) is 6.92 Å². The van der Waals surface area contributed by atoms with Gasteiger partial charge in [-0.15, -0.1) is 0 Å². The Morgan fingerprint density at radius 3 is 2.75 bits per heavy atom. The lowest BCUT2D eigenvalue weighted by molar-refractivity contribution is -0.182. The second-order valence-corrected chi connectivity index (χ2v) is 2.45. The maximum absolute atomic E-state index is 10.8. The van der Waals surface area contributed by atoms with Gasteiger partial charge in [0.25, 0.3) is 0 Å². The zero-order valence-electron chi connectivity index (χ0n) is 6.57. The molecule has 1 rings (SSSR count). The normalized spacial score (nSPS) is 9.50. The number of anilines is 1. The maximum atomic E-state index is 10.8. The minimum Gasteiger partial charge on any atom is -0.399 e. The van der Waals surface area contributed by atoms with Crippen LogP contribution in [0.4, 0.5) is 5.69 Å². The summed E-state index contributed by atoms with van der Waals surface area (Å²) in [6, 6.07) is 4.70. The van der Waals surface area contributed by atoms with Gasteiger partial charge in [-0.3, -0.25) is 4.89 Å². The summed E-state index contributed by atoms with van der Waals surface area (Å²) in [6.45, 7) is 1.71. The van der Waals surface area contributed by atoms with Crippen LogP contribution < -0.4 is 5.73 Å². The molecule has 0 aliphatic carbocycles. The van der Waals surface area contributed by atoms with Gasteiger partial charge >= 0.3 is 5.97 Å². The van der Waals surface area contributed by atoms with Crippen LogP contribution in [0.5, 0.6) is 0 Å². The lowest BCUT2D eigenvalue weighted by atomic mass is 10.1. The third-order valence-electron chi connectivity index (χ3n) is 1.55. The molecule has 0 heterocycles. The van der Waals surface area contributed by atoms with Gasteiger partial charge in [0.15, 0.2) is 0 Å². The quantitative estimate of drug-likeness (QED) is 0.374. The molecule has 4 heteroatoms. The molecule has 1 aromatic rings. The Balaban J connectivity index is 3.09. The van der Waals surface area contributed by atoms with Crippen LogP contribution in [0.15, 0.2) is 18.2 Å². The third-order valence-corrected chi connectivity index (χ3v) is 1.55. The fourth-order valence-electron chi connectivity index (χ4n) is 0.965. The summed E-state index contributed by atoms with van der Waals surface area (Å²) < 4.78 is 0. The molecule has 0 atom stereocenters. The second kappa shape index (κ2) is 3.23. The fourth-order valence-corrected chi connectivity index (χ4v) is 0.965. The average molecular weight is 167 g/mol. The van der Waals surface area contributed by atoms with E-state index < -0.39 is 5.97 Å². The van der Waals surface area contributed by atoms with Crippen molar-refractivity contribution < 1.29 is 14.9 Å². The number of rotatable bonds is 1. The molecule has 3 N–H and O–H groups in total. The van der Waals surface area contributed by atoms with Gasteiger partial charge in [0, 0.05) is 5.69 Å². The lowest BCUT2D eigenvalue weighted by Gasteiger charge is -2.01. The van der Waals surface area contributed by atoms with Crippen molar-refractivity contribution >= 4 is 11.7 Å². The fraction of sp³-hybridized carbons (Fsp3) is 0.125. The molecule has 4 nitrogen and oxygen atoms in total. The molecular weight excluding hydrogens is 158 g/mol. The Kier molecular flexibility index (Phi) is 2.30. The van der Waals surface area contributed by atoms with Crippen LogP contribution in [0.1, 0.15) is 15.9 Å². The van der Waals surface area contributed by atoms with Gasteiger partial charge in [0.2, 0.25) is 0 Å². The predicted octanol–water partition coefficient (Wildman–Crippen LogP) is 1.21. The SMILES string of the molecule is Cc1cc(N)ccc1C(=O)OO. The van der Waals surface area contributed by atoms with E-state index in [0.29, 0.717) is 16.8 Å². The number of hydrogen-bond donors (Lipinski definition) is 2. The van der Waals surface area contributed by atoms with Crippen molar-refractivity contribution in [3.8, 4) is 0 Å². The molecule has 1 aromatic carbocycles. The molecule has 0 aromatic heterocycles. The number of hydrogen-bond acceptors (Lipinski definition) is 4. The van der Waals surface area contributed by atoms with Gasteiger partial charge in [-0.05, 0) is 30.7 Å². The molecule has 0 saturated carbocycles. The van der Waals surface area contributed by atoms with Crippen LogP contribution >= 0.6 is 0 Å². The molecule has 0 fully saturated rings. The van der Waals surface area contributed by atoms with E-state index in [-0.39, 0.29) is 0 Å². The third kappa shape index (κ3) is 1.54. The summed E-state index contributed by atoms with van der Waals surface area (Å²) in [4.78, 5) is 14.4. The molecule has 12 heavy (non-hydrogen) atoms. The van der Waals surface area contributed by atoms with Crippen molar-refractivity contribution in [1.82, 2.24) is 0 Å². The number of nitrogens with two attached hydrogens (primary N) is 1. The van der Waals surface area contributed by atoms with Crippen LogP contribution in [0.3, 0.4) is 0 Å². The summed E-state index contributed by atoms with van der Waals surface area (Å²) in [5.74, 6) is -0.771. The molecule has 0 aliphatic rings. The highest BCUT2D eigenvalue weighted by atomic mass is 17.1. The Labute approximate surface area is 69.5 Å². The zero-order chi connectivity index (χ0) is 9.14. The minimum absolute atomic E-state index is 0.312. The number of aryl methyl sites for hydroxylation is 1. The van der Waals surface area contributed by atoms with Gasteiger partial charge in [-0.2, -0.15) is 5.26 Å². The highest BCUT2D eigenvalue weighted by Gasteiger charge is 2.09. The molecule has 64 valence electrons. The average Bonchev–Trinajstić information content (AvgIpc) is 2.03. The zero-order valence-corrected chi connectivity index (χ0v) is 6.57. The Morgan fingerprint density at radius 2 is 2.25 bits per heavy atom. The summed E-state index contributed by atoms with van der Waals surface area (Å²) in [5, 5.41) is 8.10. The van der Waals surface area contributed by atoms with Crippen LogP contribution in [-0.4, -0.2) is 11.2 Å². The van der Waals surface area contributed by atoms with E-state index >= 15 is 0 Å². The van der Waals surface area contributed by atoms with E-state index in [4.69, 9.17) is 11.0 Å². The van der Waals surface area contributed by atoms with E-state index in [1.807, 2.05) is 0 Å². The molecule has 0 radical (unpaired) electrons. The van der Waals surface area contributed by atoms with Crippen molar-refractivity contribution in [1.29, 1.82) is 0 Å². The highest BCUT2D eigenvalue weighted by molar-refractivity contribution is 5.91. The smallest absolute Gasteiger partial charge is 0.373 e. The molecule has 0 bridgehead atoms. The monoisotopic (exact) mass is 167 g/mol. The number of carbonyl (C=O) groups is 1. The van der Waals surface area contributed by atoms with Crippen molar-refractivity contribution in [3.63, 3.8) is 0 Å². The summed E-state index contributed by atoms with van der Waals surface area (Å²) in [6.07, 6.45) is 0. The Morgan fingerprint density at radius 1 is 1.58 bits per heavy atom. The first-order valence-electron chi connectivity index (χ1n) is 3.37. The topological polar surface area (TPSA) is 72.6 Å². The van der Waals surface area contributed by atoms with Gasteiger partial charge in [0.05, 0.1) is 5.56 Å². The molecular formula is C8H9NO3. The first-order chi connectivity index (χ1) is 5.65. The van der Waals surface area contributed by atoms with Gasteiger partial charge in [-0.1, -0.05) is 0 Å². The largest absolute Gasteiger partial charge is 0.399 e. The Bertz CT molecular complexity index is 309. The number of carbonyl (C=O) groups excluding carboxylic acids is 1. The standard InChI is InChI=1S/C8H9NO3/c1-5-4-6(9)2-3-7(5)8(10)12-11/h2-4,11H,9H2,1H3. The highest BCUT2D eigenvalue weighted by Crippen LogP contribution is 2.12. The van der Waals surface area contributed by atoms with Gasteiger partial charge in [0.1, 0.15) is 0 Å². The first-order valence-corrected chi connectivity index (χ1v) is 3.37. The van der Waals surface area contributed by atoms with Gasteiger partial charge in [-0.25, -0.2) is 4.79 Å². The van der Waals surface area contributed by atoms with Crippen LogP contribution in [0.25, 0.3) is 0 Å². The lowest BCUT2D eigenvalue weighted by Crippen LogP contribution is -2.04. The number of benzene rings is 1. The summed E-state index contributed by atoms with van der Waals surface area (Å²) >= 11 is 0. The van der Waals surface area contributed by atoms with Crippen LogP contribution in [0.2, 0.25) is 0 Å². The van der Waals surface area contributed by atoms with E-state index in [1.54, 1.807) is 19.1 Å². The molecule has 0 spiro atoms. The van der Waals surface area contributed by atoms with Crippen molar-refractivity contribution in [2.45, 2.75) is 6.92 Å². The van der Waals surface area contributed by atoms with E-state index in [0.717, 1.165) is 0 Å². The molecule has 0 aliphatic heterocycles. The maximum Gasteiger partial charge on any atom is 0.373 e. The van der Waals surface area contributed by atoms with Crippen molar-refractivity contribution in [2.24, 2.45) is 0 Å². The molecule has 0 amide bonds. The second-order valence-electron chi connectivity index (χ2n) is 2.45. The summed E-state index contributed by atoms with van der Waals surface area (Å²) in [7, 11) is 0. The van der Waals surface area contributed by atoms with E-state index in [1.165, 1.54) is 6.07 Å². The predicted molar refractivity (Wildman–Crippen MR) is 43.6 cm³/mol. The summed E-state index contributed by atoms with van der Waals surface area (Å²) in [5.41, 5.74) is 7.01. The molecule has 0 saturated heterocycles. The van der Waals surface area contributed by atoms with Crippen molar-refractivity contribution in [2.75, 3.05) is 5.73 Å². The Hall–Kier alpha value is -1.55. The first kappa shape index (κ1) is 8.55. The van der Waals surface area contributed by atoms with Crippen LogP contribution in [-0.2, 0) is 4.89 Å².